The van der Waals surface area contributed by atoms with E-state index in [1.165, 1.54) is 19.2 Å². The zero-order chi connectivity index (χ0) is 26.9. The second-order valence-electron chi connectivity index (χ2n) is 8.76. The molecular formula is C27H26ClFN4O4. The number of halogens is 2. The average molecular weight is 525 g/mol. The highest BCUT2D eigenvalue weighted by molar-refractivity contribution is 6.33. The summed E-state index contributed by atoms with van der Waals surface area (Å²) in [7, 11) is 6.78. The third-order valence-corrected chi connectivity index (χ3v) is 6.49. The normalized spacial score (nSPS) is 11.8. The van der Waals surface area contributed by atoms with Gasteiger partial charge in [0.25, 0.3) is 5.91 Å². The number of aromatic nitrogens is 2. The summed E-state index contributed by atoms with van der Waals surface area (Å²) in [5.41, 5.74) is 3.30. The predicted molar refractivity (Wildman–Crippen MR) is 141 cm³/mol. The zero-order valence-electron chi connectivity index (χ0n) is 20.8. The van der Waals surface area contributed by atoms with Crippen LogP contribution in [0.5, 0.6) is 0 Å². The first-order valence-corrected chi connectivity index (χ1v) is 11.8. The number of esters is 1. The Hall–Kier alpha value is -4.11. The fourth-order valence-corrected chi connectivity index (χ4v) is 4.40. The molecule has 8 nitrogen and oxygen atoms in total. The molecule has 1 unspecified atom stereocenters. The van der Waals surface area contributed by atoms with Gasteiger partial charge >= 0.3 is 11.7 Å². The van der Waals surface area contributed by atoms with E-state index in [1.807, 2.05) is 37.2 Å². The van der Waals surface area contributed by atoms with Crippen molar-refractivity contribution in [3.63, 3.8) is 0 Å². The highest BCUT2D eigenvalue weighted by Crippen LogP contribution is 2.23. The summed E-state index contributed by atoms with van der Waals surface area (Å²) in [6.07, 6.45) is 0.0833. The number of ether oxygens (including phenoxy) is 1. The first kappa shape index (κ1) is 26.0. The van der Waals surface area contributed by atoms with E-state index >= 15 is 0 Å². The molecule has 37 heavy (non-hydrogen) atoms. The van der Waals surface area contributed by atoms with Gasteiger partial charge in [0, 0.05) is 33.3 Å². The highest BCUT2D eigenvalue weighted by Gasteiger charge is 2.25. The van der Waals surface area contributed by atoms with Gasteiger partial charge in [-0.25, -0.2) is 14.0 Å². The maximum absolute atomic E-state index is 14.2. The van der Waals surface area contributed by atoms with Gasteiger partial charge in [-0.2, -0.15) is 0 Å². The molecule has 4 rings (SSSR count). The van der Waals surface area contributed by atoms with Crippen molar-refractivity contribution < 1.29 is 18.7 Å². The number of carbonyl (C=O) groups is 2. The molecule has 1 atom stereocenters. The van der Waals surface area contributed by atoms with E-state index in [2.05, 4.69) is 5.32 Å². The number of methoxy groups -OCH3 is 1. The average Bonchev–Trinajstić information content (AvgIpc) is 3.12. The lowest BCUT2D eigenvalue weighted by Gasteiger charge is -2.17. The van der Waals surface area contributed by atoms with Crippen molar-refractivity contribution in [3.8, 4) is 5.69 Å². The molecular weight excluding hydrogens is 499 g/mol. The Balaban J connectivity index is 1.63. The standard InChI is InChI=1S/C27H26ClFN4O4/c1-31(2)18-12-13-22-23(15-18)33(27(36)32(22)3)17-10-8-16(9-11-17)14-21(26(35)37-4)30-25(34)24-19(28)6-5-7-20(24)29/h5-13,15,21H,14H2,1-4H3,(H,30,34). The van der Waals surface area contributed by atoms with Gasteiger partial charge in [0.1, 0.15) is 11.9 Å². The topological polar surface area (TPSA) is 85.6 Å². The summed E-state index contributed by atoms with van der Waals surface area (Å²) in [5, 5.41) is 2.45. The van der Waals surface area contributed by atoms with Crippen LogP contribution in [-0.2, 0) is 23.0 Å². The number of aryl methyl sites for hydroxylation is 1. The lowest BCUT2D eigenvalue weighted by atomic mass is 10.0. The number of hydrogen-bond donors (Lipinski definition) is 1. The number of imidazole rings is 1. The van der Waals surface area contributed by atoms with Crippen LogP contribution in [0.4, 0.5) is 10.1 Å². The van der Waals surface area contributed by atoms with Crippen LogP contribution in [0.15, 0.2) is 65.5 Å². The molecule has 0 aliphatic heterocycles. The third kappa shape index (κ3) is 5.08. The number of anilines is 1. The van der Waals surface area contributed by atoms with Crippen molar-refractivity contribution in [2.24, 2.45) is 7.05 Å². The maximum atomic E-state index is 14.2. The maximum Gasteiger partial charge on any atom is 0.333 e. The Labute approximate surface area is 217 Å². The molecule has 192 valence electrons. The summed E-state index contributed by atoms with van der Waals surface area (Å²) in [5.74, 6) is -2.31. The summed E-state index contributed by atoms with van der Waals surface area (Å²) in [4.78, 5) is 40.1. The van der Waals surface area contributed by atoms with Crippen molar-refractivity contribution in [3.05, 3.63) is 93.1 Å². The number of benzene rings is 3. The molecule has 0 aliphatic rings. The van der Waals surface area contributed by atoms with E-state index in [9.17, 15) is 18.8 Å². The largest absolute Gasteiger partial charge is 0.467 e. The molecule has 0 saturated heterocycles. The Morgan fingerprint density at radius 2 is 1.78 bits per heavy atom. The minimum atomic E-state index is -1.08. The number of fused-ring (bicyclic) bond motifs is 1. The molecule has 1 heterocycles. The third-order valence-electron chi connectivity index (χ3n) is 6.17. The zero-order valence-corrected chi connectivity index (χ0v) is 21.5. The molecule has 4 aromatic rings. The van der Waals surface area contributed by atoms with Gasteiger partial charge < -0.3 is 15.0 Å². The minimum Gasteiger partial charge on any atom is -0.467 e. The van der Waals surface area contributed by atoms with Gasteiger partial charge in [-0.05, 0) is 48.0 Å². The van der Waals surface area contributed by atoms with Crippen LogP contribution in [-0.4, -0.2) is 48.3 Å². The van der Waals surface area contributed by atoms with Crippen molar-refractivity contribution >= 4 is 40.2 Å². The highest BCUT2D eigenvalue weighted by atomic mass is 35.5. The molecule has 0 aliphatic carbocycles. The fraction of sp³-hybridized carbons (Fsp3) is 0.222. The van der Waals surface area contributed by atoms with Crippen molar-refractivity contribution in [2.75, 3.05) is 26.1 Å². The second kappa shape index (κ2) is 10.5. The summed E-state index contributed by atoms with van der Waals surface area (Å²) >= 11 is 5.99. The first-order chi connectivity index (χ1) is 17.6. The van der Waals surface area contributed by atoms with Gasteiger partial charge in [-0.3, -0.25) is 13.9 Å². The second-order valence-corrected chi connectivity index (χ2v) is 9.17. The molecule has 1 aromatic heterocycles. The van der Waals surface area contributed by atoms with Crippen molar-refractivity contribution in [2.45, 2.75) is 12.5 Å². The molecule has 0 bridgehead atoms. The smallest absolute Gasteiger partial charge is 0.333 e. The summed E-state index contributed by atoms with van der Waals surface area (Å²) in [6.45, 7) is 0. The molecule has 1 amide bonds. The van der Waals surface area contributed by atoms with Crippen LogP contribution in [0.2, 0.25) is 5.02 Å². The van der Waals surface area contributed by atoms with Crippen molar-refractivity contribution in [1.82, 2.24) is 14.5 Å². The van der Waals surface area contributed by atoms with Crippen LogP contribution >= 0.6 is 11.6 Å². The van der Waals surface area contributed by atoms with Crippen LogP contribution < -0.4 is 15.9 Å². The number of carbonyl (C=O) groups excluding carboxylic acids is 2. The molecule has 10 heteroatoms. The first-order valence-electron chi connectivity index (χ1n) is 11.4. The number of amides is 1. The van der Waals surface area contributed by atoms with E-state index < -0.39 is 23.7 Å². The van der Waals surface area contributed by atoms with E-state index in [1.54, 1.807) is 40.4 Å². The molecule has 0 spiro atoms. The summed E-state index contributed by atoms with van der Waals surface area (Å²) in [6, 6.07) is 15.7. The molecule has 3 aromatic carbocycles. The fourth-order valence-electron chi connectivity index (χ4n) is 4.16. The summed E-state index contributed by atoms with van der Waals surface area (Å²) < 4.78 is 22.2. The Morgan fingerprint density at radius 3 is 2.41 bits per heavy atom. The lowest BCUT2D eigenvalue weighted by Crippen LogP contribution is -2.43. The van der Waals surface area contributed by atoms with Crippen LogP contribution in [0.3, 0.4) is 0 Å². The van der Waals surface area contributed by atoms with Gasteiger partial charge in [-0.15, -0.1) is 0 Å². The SMILES string of the molecule is COC(=O)C(Cc1ccc(-n2c(=O)n(C)c3ccc(N(C)C)cc32)cc1)NC(=O)c1c(F)cccc1Cl. The quantitative estimate of drug-likeness (QED) is 0.373. The molecule has 0 fully saturated rings. The Kier molecular flexibility index (Phi) is 7.35. The Morgan fingerprint density at radius 1 is 1.08 bits per heavy atom. The van der Waals surface area contributed by atoms with Crippen LogP contribution in [0, 0.1) is 5.82 Å². The molecule has 0 radical (unpaired) electrons. The Bertz CT molecular complexity index is 1520. The van der Waals surface area contributed by atoms with E-state index in [-0.39, 0.29) is 22.7 Å². The van der Waals surface area contributed by atoms with Crippen molar-refractivity contribution in [1.29, 1.82) is 0 Å². The minimum absolute atomic E-state index is 0.0663. The van der Waals surface area contributed by atoms with Gasteiger partial charge in [0.05, 0.1) is 34.4 Å². The molecule has 0 saturated carbocycles. The predicted octanol–water partition coefficient (Wildman–Crippen LogP) is 3.70. The van der Waals surface area contributed by atoms with Gasteiger partial charge in [0.2, 0.25) is 0 Å². The lowest BCUT2D eigenvalue weighted by molar-refractivity contribution is -0.142. The van der Waals surface area contributed by atoms with E-state index in [0.29, 0.717) is 11.3 Å². The number of nitrogens with zero attached hydrogens (tertiary/aromatic N) is 3. The van der Waals surface area contributed by atoms with Gasteiger partial charge in [-0.1, -0.05) is 29.8 Å². The monoisotopic (exact) mass is 524 g/mol. The number of nitrogens with one attached hydrogen (secondary N) is 1. The van der Waals surface area contributed by atoms with E-state index in [4.69, 9.17) is 16.3 Å². The van der Waals surface area contributed by atoms with Gasteiger partial charge in [0.15, 0.2) is 0 Å². The molecule has 1 N–H and O–H groups in total. The van der Waals surface area contributed by atoms with Crippen LogP contribution in [0.1, 0.15) is 15.9 Å². The number of hydrogen-bond acceptors (Lipinski definition) is 5. The number of rotatable bonds is 7. The van der Waals surface area contributed by atoms with Crippen LogP contribution in [0.25, 0.3) is 16.7 Å². The van der Waals surface area contributed by atoms with E-state index in [0.717, 1.165) is 22.8 Å².